The third-order valence-electron chi connectivity index (χ3n) is 5.93. The maximum atomic E-state index is 13.8. The summed E-state index contributed by atoms with van der Waals surface area (Å²) in [7, 11) is -2.70. The third-order valence-corrected chi connectivity index (χ3v) is 8.51. The number of likely N-dealkylation sites (N-methyl/N-ethyl adjacent to an activating group) is 1. The van der Waals surface area contributed by atoms with Gasteiger partial charge in [-0.25, -0.2) is 8.42 Å². The zero-order chi connectivity index (χ0) is 27.0. The minimum atomic E-state index is -4.21. The highest BCUT2D eigenvalue weighted by Crippen LogP contribution is 2.35. The fourth-order valence-electron chi connectivity index (χ4n) is 3.98. The molecule has 3 aromatic rings. The second-order valence-corrected chi connectivity index (χ2v) is 10.9. The average Bonchev–Trinajstić information content (AvgIpc) is 2.92. The van der Waals surface area contributed by atoms with Crippen LogP contribution in [-0.4, -0.2) is 51.3 Å². The Labute approximate surface area is 228 Å². The lowest BCUT2D eigenvalue weighted by Crippen LogP contribution is -2.52. The summed E-state index contributed by atoms with van der Waals surface area (Å²) in [5.74, 6) is -0.871. The van der Waals surface area contributed by atoms with Crippen molar-refractivity contribution in [1.82, 2.24) is 10.2 Å². The normalized spacial score (nSPS) is 12.0. The highest BCUT2D eigenvalue weighted by atomic mass is 35.5. The number of benzene rings is 3. The number of carbonyl (C=O) groups excluding carboxylic acids is 2. The van der Waals surface area contributed by atoms with Crippen molar-refractivity contribution in [2.45, 2.75) is 30.7 Å². The van der Waals surface area contributed by atoms with Crippen molar-refractivity contribution in [3.63, 3.8) is 0 Å². The van der Waals surface area contributed by atoms with Crippen LogP contribution in [0.25, 0.3) is 0 Å². The molecule has 7 nitrogen and oxygen atoms in total. The summed E-state index contributed by atoms with van der Waals surface area (Å²) in [5, 5.41) is 2.76. The Balaban J connectivity index is 2.03. The number of amides is 2. The molecule has 0 aliphatic rings. The van der Waals surface area contributed by atoms with Crippen LogP contribution >= 0.6 is 23.2 Å². The minimum Gasteiger partial charge on any atom is -0.357 e. The summed E-state index contributed by atoms with van der Waals surface area (Å²) in [5.41, 5.74) is 1.06. The van der Waals surface area contributed by atoms with Crippen molar-refractivity contribution in [1.29, 1.82) is 0 Å². The second kappa shape index (κ2) is 12.9. The van der Waals surface area contributed by atoms with Gasteiger partial charge in [0, 0.05) is 13.6 Å². The third kappa shape index (κ3) is 6.83. The fraction of sp³-hybridized carbons (Fsp3) is 0.259. The van der Waals surface area contributed by atoms with E-state index in [0.717, 1.165) is 9.87 Å². The summed E-state index contributed by atoms with van der Waals surface area (Å²) < 4.78 is 28.4. The van der Waals surface area contributed by atoms with Crippen LogP contribution in [0.4, 0.5) is 5.69 Å². The Bertz CT molecular complexity index is 1320. The maximum Gasteiger partial charge on any atom is 0.264 e. The molecular weight excluding hydrogens is 533 g/mol. The van der Waals surface area contributed by atoms with E-state index in [9.17, 15) is 18.0 Å². The monoisotopic (exact) mass is 561 g/mol. The maximum absolute atomic E-state index is 13.8. The Morgan fingerprint density at radius 2 is 1.54 bits per heavy atom. The zero-order valence-corrected chi connectivity index (χ0v) is 22.9. The van der Waals surface area contributed by atoms with E-state index in [-0.39, 0.29) is 33.1 Å². The van der Waals surface area contributed by atoms with Crippen molar-refractivity contribution < 1.29 is 18.0 Å². The van der Waals surface area contributed by atoms with E-state index < -0.39 is 28.5 Å². The van der Waals surface area contributed by atoms with Gasteiger partial charge in [0.25, 0.3) is 10.0 Å². The van der Waals surface area contributed by atoms with Crippen LogP contribution in [0.3, 0.4) is 0 Å². The number of sulfonamides is 1. The van der Waals surface area contributed by atoms with Gasteiger partial charge in [-0.2, -0.15) is 0 Å². The molecule has 0 aliphatic carbocycles. The molecule has 196 valence electrons. The average molecular weight is 563 g/mol. The molecule has 0 fully saturated rings. The minimum absolute atomic E-state index is 0.00523. The van der Waals surface area contributed by atoms with Gasteiger partial charge in [-0.05, 0) is 42.7 Å². The molecule has 37 heavy (non-hydrogen) atoms. The first kappa shape index (κ1) is 28.5. The van der Waals surface area contributed by atoms with E-state index in [2.05, 4.69) is 5.32 Å². The van der Waals surface area contributed by atoms with Gasteiger partial charge in [-0.1, -0.05) is 84.7 Å². The van der Waals surface area contributed by atoms with E-state index in [1.54, 1.807) is 31.2 Å². The van der Waals surface area contributed by atoms with E-state index >= 15 is 0 Å². The van der Waals surface area contributed by atoms with E-state index in [1.807, 2.05) is 30.3 Å². The summed E-state index contributed by atoms with van der Waals surface area (Å²) in [6, 6.07) is 21.1. The molecule has 3 aromatic carbocycles. The summed E-state index contributed by atoms with van der Waals surface area (Å²) >= 11 is 12.6. The Kier molecular flexibility index (Phi) is 9.97. The lowest BCUT2D eigenvalue weighted by Gasteiger charge is -2.33. The van der Waals surface area contributed by atoms with Crippen LogP contribution < -0.4 is 9.62 Å². The van der Waals surface area contributed by atoms with Gasteiger partial charge in [0.15, 0.2) is 0 Å². The largest absolute Gasteiger partial charge is 0.357 e. The van der Waals surface area contributed by atoms with Crippen LogP contribution in [0.5, 0.6) is 0 Å². The second-order valence-electron chi connectivity index (χ2n) is 8.26. The van der Waals surface area contributed by atoms with E-state index in [1.165, 1.54) is 36.2 Å². The highest BCUT2D eigenvalue weighted by Gasteiger charge is 2.34. The predicted molar refractivity (Wildman–Crippen MR) is 147 cm³/mol. The van der Waals surface area contributed by atoms with Gasteiger partial charge in [-0.3, -0.25) is 13.9 Å². The number of hydrogen-bond donors (Lipinski definition) is 1. The quantitative estimate of drug-likeness (QED) is 0.364. The van der Waals surface area contributed by atoms with Gasteiger partial charge >= 0.3 is 0 Å². The molecule has 0 radical (unpaired) electrons. The Hall–Kier alpha value is -3.07. The molecule has 0 saturated heterocycles. The number of nitrogens with one attached hydrogen (secondary N) is 1. The molecule has 0 heterocycles. The van der Waals surface area contributed by atoms with Gasteiger partial charge in [0.1, 0.15) is 12.6 Å². The Morgan fingerprint density at radius 3 is 2.14 bits per heavy atom. The number of nitrogens with zero attached hydrogens (tertiary/aromatic N) is 2. The van der Waals surface area contributed by atoms with Gasteiger partial charge in [0.2, 0.25) is 11.8 Å². The lowest BCUT2D eigenvalue weighted by molar-refractivity contribution is -0.139. The van der Waals surface area contributed by atoms with Gasteiger partial charge < -0.3 is 10.2 Å². The summed E-state index contributed by atoms with van der Waals surface area (Å²) in [4.78, 5) is 27.9. The SMILES string of the molecule is CC[C@@H](C(=O)NC)N(CCc1ccccc1)C(=O)CN(c1cccc(Cl)c1Cl)S(=O)(=O)c1ccccc1. The molecule has 1 N–H and O–H groups in total. The van der Waals surface area contributed by atoms with E-state index in [4.69, 9.17) is 23.2 Å². The first-order valence-electron chi connectivity index (χ1n) is 11.8. The molecule has 2 amide bonds. The number of halogens is 2. The fourth-order valence-corrected chi connectivity index (χ4v) is 5.88. The number of anilines is 1. The number of rotatable bonds is 11. The van der Waals surface area contributed by atoms with Gasteiger partial charge in [0.05, 0.1) is 20.6 Å². The van der Waals surface area contributed by atoms with E-state index in [0.29, 0.717) is 12.8 Å². The van der Waals surface area contributed by atoms with Crippen molar-refractivity contribution in [2.24, 2.45) is 0 Å². The van der Waals surface area contributed by atoms with Crippen molar-refractivity contribution in [3.8, 4) is 0 Å². The van der Waals surface area contributed by atoms with Crippen molar-refractivity contribution >= 4 is 50.7 Å². The standard InChI is InChI=1S/C27H29Cl2N3O4S/c1-3-23(27(34)30-2)31(18-17-20-11-6-4-7-12-20)25(33)19-32(24-16-10-15-22(28)26(24)29)37(35,36)21-13-8-5-9-14-21/h4-16,23H,3,17-19H2,1-2H3,(H,30,34)/t23-/m0/s1. The first-order valence-corrected chi connectivity index (χ1v) is 14.0. The smallest absolute Gasteiger partial charge is 0.264 e. The molecule has 0 bridgehead atoms. The molecule has 3 rings (SSSR count). The molecule has 1 atom stereocenters. The lowest BCUT2D eigenvalue weighted by atomic mass is 10.1. The molecular formula is C27H29Cl2N3O4S. The molecule has 10 heteroatoms. The molecule has 0 aromatic heterocycles. The summed E-state index contributed by atoms with van der Waals surface area (Å²) in [6.07, 6.45) is 0.840. The molecule has 0 spiro atoms. The number of carbonyl (C=O) groups is 2. The van der Waals surface area contributed by atoms with Crippen LogP contribution in [0, 0.1) is 0 Å². The predicted octanol–water partition coefficient (Wildman–Crippen LogP) is 4.78. The zero-order valence-electron chi connectivity index (χ0n) is 20.6. The molecule has 0 saturated carbocycles. The molecule has 0 aliphatic heterocycles. The summed E-state index contributed by atoms with van der Waals surface area (Å²) in [6.45, 7) is 1.45. The van der Waals surface area contributed by atoms with Crippen molar-refractivity contribution in [3.05, 3.63) is 94.5 Å². The molecule has 0 unspecified atom stereocenters. The highest BCUT2D eigenvalue weighted by molar-refractivity contribution is 7.92. The van der Waals surface area contributed by atoms with Crippen molar-refractivity contribution in [2.75, 3.05) is 24.4 Å². The van der Waals surface area contributed by atoms with Crippen LogP contribution in [0.1, 0.15) is 18.9 Å². The van der Waals surface area contributed by atoms with Crippen LogP contribution in [-0.2, 0) is 26.0 Å². The van der Waals surface area contributed by atoms with Crippen LogP contribution in [0.15, 0.2) is 83.8 Å². The Morgan fingerprint density at radius 1 is 0.919 bits per heavy atom. The first-order chi connectivity index (χ1) is 17.7. The van der Waals surface area contributed by atoms with Gasteiger partial charge in [-0.15, -0.1) is 0 Å². The topological polar surface area (TPSA) is 86.8 Å². The number of hydrogen-bond acceptors (Lipinski definition) is 4. The van der Waals surface area contributed by atoms with Crippen LogP contribution in [0.2, 0.25) is 10.0 Å².